The van der Waals surface area contributed by atoms with Gasteiger partial charge in [-0.15, -0.1) is 0 Å². The molecular weight excluding hydrogens is 232 g/mol. The highest BCUT2D eigenvalue weighted by molar-refractivity contribution is 5.30. The Bertz CT molecular complexity index is 440. The molecule has 1 atom stereocenters. The second-order valence-electron chi connectivity index (χ2n) is 4.77. The zero-order valence-electron chi connectivity index (χ0n) is 10.7. The van der Waals surface area contributed by atoms with Gasteiger partial charge in [-0.05, 0) is 50.9 Å². The van der Waals surface area contributed by atoms with Gasteiger partial charge in [0.1, 0.15) is 11.6 Å². The lowest BCUT2D eigenvalue weighted by Crippen LogP contribution is -2.20. The topological polar surface area (TPSA) is 12.0 Å². The van der Waals surface area contributed by atoms with Crippen molar-refractivity contribution in [2.45, 2.75) is 38.1 Å². The molecule has 1 aromatic rings. The van der Waals surface area contributed by atoms with Crippen LogP contribution in [0.15, 0.2) is 29.8 Å². The van der Waals surface area contributed by atoms with Crippen LogP contribution in [0, 0.1) is 11.6 Å². The maximum absolute atomic E-state index is 13.8. The average molecular weight is 251 g/mol. The maximum Gasteiger partial charge on any atom is 0.128 e. The van der Waals surface area contributed by atoms with Crippen LogP contribution in [-0.4, -0.2) is 7.05 Å². The summed E-state index contributed by atoms with van der Waals surface area (Å²) in [5, 5.41) is 3.11. The number of benzene rings is 1. The molecule has 0 bridgehead atoms. The summed E-state index contributed by atoms with van der Waals surface area (Å²) >= 11 is 0. The van der Waals surface area contributed by atoms with Crippen molar-refractivity contribution >= 4 is 0 Å². The third-order valence-electron chi connectivity index (χ3n) is 3.50. The second-order valence-corrected chi connectivity index (χ2v) is 4.77. The van der Waals surface area contributed by atoms with Gasteiger partial charge in [-0.2, -0.15) is 0 Å². The maximum atomic E-state index is 13.8. The van der Waals surface area contributed by atoms with Gasteiger partial charge in [0.15, 0.2) is 0 Å². The number of likely N-dealkylation sites (N-methyl/N-ethyl adjacent to an activating group) is 1. The lowest BCUT2D eigenvalue weighted by atomic mass is 9.95. The summed E-state index contributed by atoms with van der Waals surface area (Å²) in [7, 11) is 1.79. The Hall–Kier alpha value is -1.22. The number of hydrogen-bond acceptors (Lipinski definition) is 1. The van der Waals surface area contributed by atoms with Gasteiger partial charge in [0, 0.05) is 5.56 Å². The number of nitrogens with one attached hydrogen (secondary N) is 1. The van der Waals surface area contributed by atoms with Crippen LogP contribution in [0.25, 0.3) is 0 Å². The van der Waals surface area contributed by atoms with Crippen LogP contribution in [0.5, 0.6) is 0 Å². The fourth-order valence-corrected chi connectivity index (χ4v) is 2.58. The van der Waals surface area contributed by atoms with Crippen molar-refractivity contribution in [1.29, 1.82) is 0 Å². The summed E-state index contributed by atoms with van der Waals surface area (Å²) < 4.78 is 27.1. The summed E-state index contributed by atoms with van der Waals surface area (Å²) in [5.74, 6) is -0.734. The fraction of sp³-hybridized carbons (Fsp3) is 0.467. The van der Waals surface area contributed by atoms with Crippen molar-refractivity contribution in [3.05, 3.63) is 47.0 Å². The van der Waals surface area contributed by atoms with Crippen LogP contribution in [0.2, 0.25) is 0 Å². The van der Waals surface area contributed by atoms with E-state index in [-0.39, 0.29) is 17.7 Å². The van der Waals surface area contributed by atoms with Gasteiger partial charge < -0.3 is 5.32 Å². The molecule has 1 nitrogen and oxygen atoms in total. The van der Waals surface area contributed by atoms with Gasteiger partial charge in [0.25, 0.3) is 0 Å². The second kappa shape index (κ2) is 6.10. The molecule has 0 aliphatic heterocycles. The molecule has 3 heteroatoms. The Morgan fingerprint density at radius 2 is 2.00 bits per heavy atom. The van der Waals surface area contributed by atoms with Crippen LogP contribution < -0.4 is 5.32 Å². The minimum atomic E-state index is -0.388. The highest BCUT2D eigenvalue weighted by atomic mass is 19.1. The van der Waals surface area contributed by atoms with Crippen LogP contribution in [0.4, 0.5) is 8.78 Å². The van der Waals surface area contributed by atoms with Gasteiger partial charge in [0.2, 0.25) is 0 Å². The van der Waals surface area contributed by atoms with Gasteiger partial charge in [-0.3, -0.25) is 0 Å². The van der Waals surface area contributed by atoms with E-state index in [0.29, 0.717) is 5.56 Å². The highest BCUT2D eigenvalue weighted by Gasteiger charge is 2.19. The van der Waals surface area contributed by atoms with E-state index in [9.17, 15) is 8.78 Å². The van der Waals surface area contributed by atoms with Crippen LogP contribution in [-0.2, 0) is 0 Å². The Balaban J connectivity index is 2.32. The first-order valence-electron chi connectivity index (χ1n) is 6.53. The standard InChI is InChI=1S/C15H19F2N/c1-18-15(11-6-4-2-3-5-7-11)13-10-12(16)8-9-14(13)17/h6,8-10,15,18H,2-5,7H2,1H3. The van der Waals surface area contributed by atoms with E-state index < -0.39 is 0 Å². The Morgan fingerprint density at radius 1 is 1.17 bits per heavy atom. The highest BCUT2D eigenvalue weighted by Crippen LogP contribution is 2.30. The van der Waals surface area contributed by atoms with Crippen LogP contribution in [0.3, 0.4) is 0 Å². The quantitative estimate of drug-likeness (QED) is 0.797. The third kappa shape index (κ3) is 2.96. The van der Waals surface area contributed by atoms with E-state index in [1.54, 1.807) is 7.05 Å². The Labute approximate surface area is 107 Å². The van der Waals surface area contributed by atoms with Crippen molar-refractivity contribution in [3.8, 4) is 0 Å². The Morgan fingerprint density at radius 3 is 2.78 bits per heavy atom. The van der Waals surface area contributed by atoms with E-state index in [2.05, 4.69) is 11.4 Å². The van der Waals surface area contributed by atoms with Crippen molar-refractivity contribution in [2.24, 2.45) is 0 Å². The molecule has 0 fully saturated rings. The molecule has 0 aromatic heterocycles. The summed E-state index contributed by atoms with van der Waals surface area (Å²) in [5.41, 5.74) is 1.59. The number of hydrogen-bond donors (Lipinski definition) is 1. The summed E-state index contributed by atoms with van der Waals surface area (Å²) in [6.45, 7) is 0. The molecule has 98 valence electrons. The van der Waals surface area contributed by atoms with Gasteiger partial charge in [0.05, 0.1) is 6.04 Å². The molecule has 0 saturated heterocycles. The minimum Gasteiger partial charge on any atom is -0.310 e. The van der Waals surface area contributed by atoms with E-state index in [4.69, 9.17) is 0 Å². The molecular formula is C15H19F2N. The van der Waals surface area contributed by atoms with Crippen molar-refractivity contribution < 1.29 is 8.78 Å². The smallest absolute Gasteiger partial charge is 0.128 e. The number of allylic oxidation sites excluding steroid dienone is 1. The van der Waals surface area contributed by atoms with Crippen LogP contribution >= 0.6 is 0 Å². The Kier molecular flexibility index (Phi) is 4.48. The summed E-state index contributed by atoms with van der Waals surface area (Å²) in [6.07, 6.45) is 7.69. The minimum absolute atomic E-state index is 0.209. The molecule has 0 saturated carbocycles. The molecule has 1 aliphatic carbocycles. The lowest BCUT2D eigenvalue weighted by molar-refractivity contribution is 0.546. The predicted molar refractivity (Wildman–Crippen MR) is 69.3 cm³/mol. The molecule has 1 N–H and O–H groups in total. The molecule has 1 aromatic carbocycles. The first-order valence-corrected chi connectivity index (χ1v) is 6.53. The lowest BCUT2D eigenvalue weighted by Gasteiger charge is -2.20. The third-order valence-corrected chi connectivity index (χ3v) is 3.50. The van der Waals surface area contributed by atoms with E-state index in [1.807, 2.05) is 0 Å². The van der Waals surface area contributed by atoms with E-state index >= 15 is 0 Å². The largest absolute Gasteiger partial charge is 0.310 e. The zero-order chi connectivity index (χ0) is 13.0. The van der Waals surface area contributed by atoms with Crippen molar-refractivity contribution in [1.82, 2.24) is 5.32 Å². The number of rotatable bonds is 3. The summed E-state index contributed by atoms with van der Waals surface area (Å²) in [4.78, 5) is 0. The summed E-state index contributed by atoms with van der Waals surface area (Å²) in [6, 6.07) is 3.44. The van der Waals surface area contributed by atoms with Crippen molar-refractivity contribution in [2.75, 3.05) is 7.05 Å². The SMILES string of the molecule is CNC(C1=CCCCCC1)c1cc(F)ccc1F. The molecule has 2 rings (SSSR count). The monoisotopic (exact) mass is 251 g/mol. The molecule has 0 heterocycles. The molecule has 1 unspecified atom stereocenters. The molecule has 0 radical (unpaired) electrons. The fourth-order valence-electron chi connectivity index (χ4n) is 2.58. The molecule has 0 amide bonds. The first-order chi connectivity index (χ1) is 8.72. The average Bonchev–Trinajstić information content (AvgIpc) is 2.64. The van der Waals surface area contributed by atoms with Crippen LogP contribution in [0.1, 0.15) is 43.7 Å². The number of halogens is 2. The first kappa shape index (κ1) is 13.2. The van der Waals surface area contributed by atoms with Gasteiger partial charge in [-0.1, -0.05) is 18.1 Å². The van der Waals surface area contributed by atoms with Gasteiger partial charge >= 0.3 is 0 Å². The van der Waals surface area contributed by atoms with E-state index in [0.717, 1.165) is 25.3 Å². The normalized spacial score (nSPS) is 18.1. The predicted octanol–water partition coefficient (Wildman–Crippen LogP) is 4.12. The molecule has 0 spiro atoms. The van der Waals surface area contributed by atoms with Gasteiger partial charge in [-0.25, -0.2) is 8.78 Å². The zero-order valence-corrected chi connectivity index (χ0v) is 10.7. The molecule has 18 heavy (non-hydrogen) atoms. The van der Waals surface area contributed by atoms with Crippen molar-refractivity contribution in [3.63, 3.8) is 0 Å². The molecule has 1 aliphatic rings. The van der Waals surface area contributed by atoms with E-state index in [1.165, 1.54) is 30.5 Å².